The van der Waals surface area contributed by atoms with Crippen LogP contribution in [0, 0.1) is 5.92 Å². The fraction of sp³-hybridized carbons (Fsp3) is 0.429. The van der Waals surface area contributed by atoms with Crippen LogP contribution in [0.2, 0.25) is 0 Å². The number of aliphatic carboxylic acids is 1. The molecule has 18 heavy (non-hydrogen) atoms. The summed E-state index contributed by atoms with van der Waals surface area (Å²) < 4.78 is 1.99. The van der Waals surface area contributed by atoms with E-state index < -0.39 is 5.97 Å². The first kappa shape index (κ1) is 12.6. The Bertz CT molecular complexity index is 560. The van der Waals surface area contributed by atoms with Crippen LogP contribution in [0.3, 0.4) is 0 Å². The van der Waals surface area contributed by atoms with E-state index in [-0.39, 0.29) is 5.92 Å². The van der Waals surface area contributed by atoms with Crippen LogP contribution in [0.1, 0.15) is 25.6 Å². The summed E-state index contributed by atoms with van der Waals surface area (Å²) >= 11 is 0. The molecule has 1 aromatic carbocycles. The average molecular weight is 246 g/mol. The maximum absolute atomic E-state index is 11.2. The summed E-state index contributed by atoms with van der Waals surface area (Å²) in [6.07, 6.45) is 2.06. The molecule has 0 fully saturated rings. The molecule has 4 nitrogen and oxygen atoms in total. The number of nitrogens with zero attached hydrogens (tertiary/aromatic N) is 2. The molecule has 4 heteroatoms. The third-order valence-corrected chi connectivity index (χ3v) is 3.30. The average Bonchev–Trinajstić information content (AvgIpc) is 2.66. The quantitative estimate of drug-likeness (QED) is 0.882. The van der Waals surface area contributed by atoms with Crippen LogP contribution in [0.5, 0.6) is 0 Å². The topological polar surface area (TPSA) is 55.1 Å². The molecule has 0 aliphatic rings. The summed E-state index contributed by atoms with van der Waals surface area (Å²) in [6.45, 7) is 2.00. The summed E-state index contributed by atoms with van der Waals surface area (Å²) in [4.78, 5) is 15.7. The Labute approximate surface area is 106 Å². The molecule has 0 aliphatic heterocycles. The van der Waals surface area contributed by atoms with E-state index in [2.05, 4.69) is 4.98 Å². The number of para-hydroxylation sites is 2. The van der Waals surface area contributed by atoms with Crippen LogP contribution < -0.4 is 0 Å². The highest BCUT2D eigenvalue weighted by molar-refractivity contribution is 5.76. The van der Waals surface area contributed by atoms with Crippen molar-refractivity contribution in [1.29, 1.82) is 0 Å². The van der Waals surface area contributed by atoms with Gasteiger partial charge < -0.3 is 9.67 Å². The van der Waals surface area contributed by atoms with Gasteiger partial charge in [0, 0.05) is 13.5 Å². The summed E-state index contributed by atoms with van der Waals surface area (Å²) in [5.74, 6) is -0.230. The van der Waals surface area contributed by atoms with E-state index in [0.29, 0.717) is 12.8 Å². The highest BCUT2D eigenvalue weighted by Gasteiger charge is 2.20. The monoisotopic (exact) mass is 246 g/mol. The predicted molar refractivity (Wildman–Crippen MR) is 70.5 cm³/mol. The molecule has 0 radical (unpaired) electrons. The zero-order valence-corrected chi connectivity index (χ0v) is 10.8. The Morgan fingerprint density at radius 1 is 1.44 bits per heavy atom. The molecule has 1 unspecified atom stereocenters. The molecule has 0 spiro atoms. The molecule has 1 N–H and O–H groups in total. The van der Waals surface area contributed by atoms with Crippen molar-refractivity contribution < 1.29 is 9.90 Å². The normalized spacial score (nSPS) is 12.8. The summed E-state index contributed by atoms with van der Waals surface area (Å²) in [5.41, 5.74) is 1.98. The predicted octanol–water partition coefficient (Wildman–Crippen LogP) is 2.62. The molecule has 96 valence electrons. The van der Waals surface area contributed by atoms with Crippen molar-refractivity contribution in [2.45, 2.75) is 26.2 Å². The van der Waals surface area contributed by atoms with Gasteiger partial charge in [0.1, 0.15) is 5.82 Å². The standard InChI is InChI=1S/C14H18N2O2/c1-3-6-10(14(17)18)9-13-15-11-7-4-5-8-12(11)16(13)2/h4-5,7-8,10H,3,6,9H2,1-2H3,(H,17,18). The van der Waals surface area contributed by atoms with E-state index >= 15 is 0 Å². The second-order valence-electron chi connectivity index (χ2n) is 4.60. The van der Waals surface area contributed by atoms with Gasteiger partial charge in [0.15, 0.2) is 0 Å². The Morgan fingerprint density at radius 2 is 2.17 bits per heavy atom. The number of hydrogen-bond donors (Lipinski definition) is 1. The van der Waals surface area contributed by atoms with E-state index in [1.807, 2.05) is 42.8 Å². The lowest BCUT2D eigenvalue weighted by molar-refractivity contribution is -0.142. The SMILES string of the molecule is CCCC(Cc1nc2ccccc2n1C)C(=O)O. The van der Waals surface area contributed by atoms with E-state index in [1.165, 1.54) is 0 Å². The first-order valence-electron chi connectivity index (χ1n) is 6.26. The van der Waals surface area contributed by atoms with Gasteiger partial charge in [0.25, 0.3) is 0 Å². The van der Waals surface area contributed by atoms with Crippen molar-refractivity contribution >= 4 is 17.0 Å². The third-order valence-electron chi connectivity index (χ3n) is 3.30. The molecule has 1 aromatic heterocycles. The van der Waals surface area contributed by atoms with Gasteiger partial charge in [-0.25, -0.2) is 4.98 Å². The number of carboxylic acid groups (broad SMARTS) is 1. The first-order chi connectivity index (χ1) is 8.63. The van der Waals surface area contributed by atoms with Crippen LogP contribution in [-0.4, -0.2) is 20.6 Å². The van der Waals surface area contributed by atoms with Gasteiger partial charge in [-0.05, 0) is 18.6 Å². The van der Waals surface area contributed by atoms with Crippen molar-refractivity contribution in [2.75, 3.05) is 0 Å². The number of fused-ring (bicyclic) bond motifs is 1. The Balaban J connectivity index is 2.30. The number of benzene rings is 1. The second kappa shape index (κ2) is 5.21. The molecule has 2 rings (SSSR count). The maximum Gasteiger partial charge on any atom is 0.306 e. The van der Waals surface area contributed by atoms with Crippen LogP contribution in [0.15, 0.2) is 24.3 Å². The van der Waals surface area contributed by atoms with E-state index in [0.717, 1.165) is 23.3 Å². The van der Waals surface area contributed by atoms with Crippen molar-refractivity contribution in [1.82, 2.24) is 9.55 Å². The molecule has 1 heterocycles. The number of aryl methyl sites for hydroxylation is 1. The fourth-order valence-electron chi connectivity index (χ4n) is 2.26. The van der Waals surface area contributed by atoms with Crippen molar-refractivity contribution in [3.63, 3.8) is 0 Å². The van der Waals surface area contributed by atoms with Gasteiger partial charge in [0.2, 0.25) is 0 Å². The van der Waals surface area contributed by atoms with E-state index in [9.17, 15) is 9.90 Å². The molecule has 0 amide bonds. The summed E-state index contributed by atoms with van der Waals surface area (Å²) in [5, 5.41) is 9.19. The minimum absolute atomic E-state index is 0.342. The van der Waals surface area contributed by atoms with Crippen molar-refractivity contribution in [2.24, 2.45) is 13.0 Å². The van der Waals surface area contributed by atoms with E-state index in [1.54, 1.807) is 0 Å². The van der Waals surface area contributed by atoms with Gasteiger partial charge in [-0.15, -0.1) is 0 Å². The molecule has 0 saturated heterocycles. The summed E-state index contributed by atoms with van der Waals surface area (Å²) in [6, 6.07) is 7.87. The lowest BCUT2D eigenvalue weighted by atomic mass is 10.00. The largest absolute Gasteiger partial charge is 0.481 e. The molecule has 2 aromatic rings. The van der Waals surface area contributed by atoms with Crippen molar-refractivity contribution in [3.05, 3.63) is 30.1 Å². The van der Waals surface area contributed by atoms with E-state index in [4.69, 9.17) is 0 Å². The van der Waals surface area contributed by atoms with Gasteiger partial charge in [-0.3, -0.25) is 4.79 Å². The zero-order valence-electron chi connectivity index (χ0n) is 10.8. The minimum atomic E-state index is -0.732. The highest BCUT2D eigenvalue weighted by atomic mass is 16.4. The summed E-state index contributed by atoms with van der Waals surface area (Å²) in [7, 11) is 1.94. The number of hydrogen-bond acceptors (Lipinski definition) is 2. The second-order valence-corrected chi connectivity index (χ2v) is 4.60. The van der Waals surface area contributed by atoms with Crippen LogP contribution >= 0.6 is 0 Å². The molecule has 0 saturated carbocycles. The molecule has 0 aliphatic carbocycles. The lowest BCUT2D eigenvalue weighted by Gasteiger charge is -2.10. The Hall–Kier alpha value is -1.84. The molecular formula is C14H18N2O2. The smallest absolute Gasteiger partial charge is 0.306 e. The van der Waals surface area contributed by atoms with Gasteiger partial charge in [-0.1, -0.05) is 25.5 Å². The zero-order chi connectivity index (χ0) is 13.1. The van der Waals surface area contributed by atoms with Gasteiger partial charge in [0.05, 0.1) is 17.0 Å². The highest BCUT2D eigenvalue weighted by Crippen LogP contribution is 2.19. The molecule has 0 bridgehead atoms. The Kier molecular flexibility index (Phi) is 3.65. The number of rotatable bonds is 5. The van der Waals surface area contributed by atoms with Crippen molar-refractivity contribution in [3.8, 4) is 0 Å². The Morgan fingerprint density at radius 3 is 2.78 bits per heavy atom. The fourth-order valence-corrected chi connectivity index (χ4v) is 2.26. The number of imidazole rings is 1. The number of carbonyl (C=O) groups is 1. The van der Waals surface area contributed by atoms with Gasteiger partial charge in [-0.2, -0.15) is 0 Å². The van der Waals surface area contributed by atoms with Crippen LogP contribution in [0.25, 0.3) is 11.0 Å². The molecule has 1 atom stereocenters. The van der Waals surface area contributed by atoms with Crippen LogP contribution in [0.4, 0.5) is 0 Å². The number of aromatic nitrogens is 2. The first-order valence-corrected chi connectivity index (χ1v) is 6.26. The molecular weight excluding hydrogens is 228 g/mol. The lowest BCUT2D eigenvalue weighted by Crippen LogP contribution is -2.18. The minimum Gasteiger partial charge on any atom is -0.481 e. The van der Waals surface area contributed by atoms with Crippen LogP contribution in [-0.2, 0) is 18.3 Å². The number of carboxylic acids is 1. The van der Waals surface area contributed by atoms with Gasteiger partial charge >= 0.3 is 5.97 Å². The third kappa shape index (κ3) is 2.37. The maximum atomic E-state index is 11.2.